The average molecular weight is 186 g/mol. The van der Waals surface area contributed by atoms with Crippen LogP contribution < -0.4 is 0 Å². The molecule has 0 fully saturated rings. The van der Waals surface area contributed by atoms with Crippen LogP contribution in [-0.4, -0.2) is 11.2 Å². The Hall–Kier alpha value is -0.960. The van der Waals surface area contributed by atoms with Crippen LogP contribution in [0.1, 0.15) is 24.5 Å². The Balaban J connectivity index is 2.91. The van der Waals surface area contributed by atoms with Crippen molar-refractivity contribution in [3.05, 3.63) is 35.4 Å². The zero-order valence-corrected chi connectivity index (χ0v) is 7.37. The average Bonchev–Trinajstić information content (AvgIpc) is 2.03. The van der Waals surface area contributed by atoms with Gasteiger partial charge in [0.15, 0.2) is 0 Å². The number of hydrogen-bond acceptors (Lipinski definition) is 1. The highest BCUT2D eigenvalue weighted by atomic mass is 19.3. The van der Waals surface area contributed by atoms with Crippen LogP contribution in [0.15, 0.2) is 24.3 Å². The molecule has 3 heteroatoms. The van der Waals surface area contributed by atoms with E-state index in [2.05, 4.69) is 0 Å². The summed E-state index contributed by atoms with van der Waals surface area (Å²) in [6.45, 7) is 1.59. The van der Waals surface area contributed by atoms with Gasteiger partial charge in [-0.1, -0.05) is 24.3 Å². The van der Waals surface area contributed by atoms with Gasteiger partial charge in [0, 0.05) is 5.56 Å². The fourth-order valence-corrected chi connectivity index (χ4v) is 1.25. The van der Waals surface area contributed by atoms with Gasteiger partial charge in [0.2, 0.25) is 0 Å². The Kier molecular flexibility index (Phi) is 3.37. The van der Waals surface area contributed by atoms with Crippen LogP contribution in [0.2, 0.25) is 0 Å². The summed E-state index contributed by atoms with van der Waals surface area (Å²) in [5.41, 5.74) is 0.538. The summed E-state index contributed by atoms with van der Waals surface area (Å²) in [5.74, 6) is 0. The second-order valence-electron chi connectivity index (χ2n) is 3.05. The first-order valence-corrected chi connectivity index (χ1v) is 4.15. The van der Waals surface area contributed by atoms with E-state index in [-0.39, 0.29) is 12.0 Å². The van der Waals surface area contributed by atoms with Crippen LogP contribution >= 0.6 is 0 Å². The predicted octanol–water partition coefficient (Wildman–Crippen LogP) is 2.55. The molecule has 13 heavy (non-hydrogen) atoms. The summed E-state index contributed by atoms with van der Waals surface area (Å²) in [4.78, 5) is 0. The van der Waals surface area contributed by atoms with Gasteiger partial charge in [-0.25, -0.2) is 8.78 Å². The zero-order chi connectivity index (χ0) is 9.84. The molecule has 0 aliphatic carbocycles. The molecular weight excluding hydrogens is 174 g/mol. The molecule has 1 aromatic rings. The summed E-state index contributed by atoms with van der Waals surface area (Å²) < 4.78 is 24.8. The van der Waals surface area contributed by atoms with E-state index in [0.29, 0.717) is 5.56 Å². The molecule has 0 spiro atoms. The van der Waals surface area contributed by atoms with Crippen LogP contribution in [0.4, 0.5) is 8.78 Å². The maximum atomic E-state index is 12.4. The molecule has 0 saturated carbocycles. The minimum atomic E-state index is -2.46. The Bertz CT molecular complexity index is 271. The Morgan fingerprint density at radius 1 is 1.31 bits per heavy atom. The van der Waals surface area contributed by atoms with Crippen molar-refractivity contribution in [3.8, 4) is 0 Å². The number of aliphatic hydroxyl groups excluding tert-OH is 1. The third-order valence-electron chi connectivity index (χ3n) is 1.81. The highest BCUT2D eigenvalue weighted by Crippen LogP contribution is 2.23. The minimum Gasteiger partial charge on any atom is -0.393 e. The van der Waals surface area contributed by atoms with Crippen LogP contribution in [0.3, 0.4) is 0 Å². The lowest BCUT2D eigenvalue weighted by Crippen LogP contribution is -2.06. The molecule has 0 bridgehead atoms. The molecule has 1 nitrogen and oxygen atoms in total. The summed E-state index contributed by atoms with van der Waals surface area (Å²) in [6.07, 6.45) is -2.77. The van der Waals surface area contributed by atoms with Crippen molar-refractivity contribution < 1.29 is 13.9 Å². The van der Waals surface area contributed by atoms with E-state index in [4.69, 9.17) is 5.11 Å². The maximum Gasteiger partial charge on any atom is 0.264 e. The van der Waals surface area contributed by atoms with Crippen LogP contribution in [-0.2, 0) is 6.42 Å². The lowest BCUT2D eigenvalue weighted by Gasteiger charge is -2.09. The van der Waals surface area contributed by atoms with Crippen molar-refractivity contribution >= 4 is 0 Å². The van der Waals surface area contributed by atoms with Gasteiger partial charge in [-0.15, -0.1) is 0 Å². The van der Waals surface area contributed by atoms with E-state index < -0.39 is 12.5 Å². The summed E-state index contributed by atoms with van der Waals surface area (Å²) in [5, 5.41) is 9.07. The Morgan fingerprint density at radius 3 is 2.46 bits per heavy atom. The molecule has 0 aromatic heterocycles. The highest BCUT2D eigenvalue weighted by molar-refractivity contribution is 5.28. The molecule has 0 saturated heterocycles. The highest BCUT2D eigenvalue weighted by Gasteiger charge is 2.12. The predicted molar refractivity (Wildman–Crippen MR) is 46.8 cm³/mol. The second-order valence-corrected chi connectivity index (χ2v) is 3.05. The van der Waals surface area contributed by atoms with Gasteiger partial charge in [0.05, 0.1) is 6.10 Å². The summed E-state index contributed by atoms with van der Waals surface area (Å²) in [6, 6.07) is 6.28. The fourth-order valence-electron chi connectivity index (χ4n) is 1.25. The molecule has 0 heterocycles. The molecule has 1 atom stereocenters. The first-order valence-electron chi connectivity index (χ1n) is 4.15. The van der Waals surface area contributed by atoms with Crippen LogP contribution in [0.25, 0.3) is 0 Å². The summed E-state index contributed by atoms with van der Waals surface area (Å²) in [7, 11) is 0. The third-order valence-corrected chi connectivity index (χ3v) is 1.81. The molecular formula is C10H12F2O. The second kappa shape index (κ2) is 4.33. The molecule has 1 N–H and O–H groups in total. The maximum absolute atomic E-state index is 12.4. The number of alkyl halides is 2. The first kappa shape index (κ1) is 10.1. The molecule has 0 radical (unpaired) electrons. The van der Waals surface area contributed by atoms with Crippen molar-refractivity contribution in [3.63, 3.8) is 0 Å². The molecule has 1 aromatic carbocycles. The standard InChI is InChI=1S/C10H12F2O/c1-7(13)6-8-4-2-3-5-9(8)10(11)12/h2-5,7,10,13H,6H2,1H3. The van der Waals surface area contributed by atoms with Gasteiger partial charge in [-0.2, -0.15) is 0 Å². The SMILES string of the molecule is CC(O)Cc1ccccc1C(F)F. The fraction of sp³-hybridized carbons (Fsp3) is 0.400. The lowest BCUT2D eigenvalue weighted by molar-refractivity contribution is 0.147. The van der Waals surface area contributed by atoms with E-state index in [0.717, 1.165) is 0 Å². The smallest absolute Gasteiger partial charge is 0.264 e. The van der Waals surface area contributed by atoms with Crippen molar-refractivity contribution in [1.82, 2.24) is 0 Å². The van der Waals surface area contributed by atoms with E-state index in [1.54, 1.807) is 25.1 Å². The van der Waals surface area contributed by atoms with E-state index in [9.17, 15) is 8.78 Å². The monoisotopic (exact) mass is 186 g/mol. The van der Waals surface area contributed by atoms with Crippen LogP contribution in [0.5, 0.6) is 0 Å². The number of hydrogen-bond donors (Lipinski definition) is 1. The van der Waals surface area contributed by atoms with Crippen molar-refractivity contribution in [2.75, 3.05) is 0 Å². The number of aliphatic hydroxyl groups is 1. The normalized spacial score (nSPS) is 13.3. The van der Waals surface area contributed by atoms with E-state index in [1.165, 1.54) is 6.07 Å². The third kappa shape index (κ3) is 2.77. The van der Waals surface area contributed by atoms with Crippen molar-refractivity contribution in [1.29, 1.82) is 0 Å². The van der Waals surface area contributed by atoms with Gasteiger partial charge in [0.25, 0.3) is 6.43 Å². The van der Waals surface area contributed by atoms with Crippen molar-refractivity contribution in [2.45, 2.75) is 25.9 Å². The number of rotatable bonds is 3. The number of halogens is 2. The molecule has 72 valence electrons. The molecule has 1 unspecified atom stereocenters. The van der Waals surface area contributed by atoms with Crippen molar-refractivity contribution in [2.24, 2.45) is 0 Å². The van der Waals surface area contributed by atoms with E-state index >= 15 is 0 Å². The summed E-state index contributed by atoms with van der Waals surface area (Å²) >= 11 is 0. The van der Waals surface area contributed by atoms with E-state index in [1.807, 2.05) is 0 Å². The topological polar surface area (TPSA) is 20.2 Å². The zero-order valence-electron chi connectivity index (χ0n) is 7.37. The molecule has 0 aliphatic heterocycles. The van der Waals surface area contributed by atoms with Gasteiger partial charge in [-0.3, -0.25) is 0 Å². The quantitative estimate of drug-likeness (QED) is 0.769. The lowest BCUT2D eigenvalue weighted by atomic mass is 10.0. The van der Waals surface area contributed by atoms with Gasteiger partial charge >= 0.3 is 0 Å². The van der Waals surface area contributed by atoms with Gasteiger partial charge < -0.3 is 5.11 Å². The van der Waals surface area contributed by atoms with Gasteiger partial charge in [0.1, 0.15) is 0 Å². The Labute approximate surface area is 76.0 Å². The molecule has 0 aliphatic rings. The Morgan fingerprint density at radius 2 is 1.92 bits per heavy atom. The minimum absolute atomic E-state index is 0.0170. The largest absolute Gasteiger partial charge is 0.393 e. The number of benzene rings is 1. The van der Waals surface area contributed by atoms with Gasteiger partial charge in [-0.05, 0) is 18.9 Å². The van der Waals surface area contributed by atoms with Crippen LogP contribution in [0, 0.1) is 0 Å². The molecule has 1 rings (SSSR count). The molecule has 0 amide bonds. The first-order chi connectivity index (χ1) is 6.11.